The lowest BCUT2D eigenvalue weighted by molar-refractivity contribution is 0.400. The van der Waals surface area contributed by atoms with Gasteiger partial charge in [-0.3, -0.25) is 4.99 Å². The second-order valence-electron chi connectivity index (χ2n) is 7.12. The van der Waals surface area contributed by atoms with Crippen molar-refractivity contribution < 1.29 is 0 Å². The molecule has 0 aliphatic heterocycles. The molecule has 2 rings (SSSR count). The molecule has 0 aromatic heterocycles. The first-order valence-corrected chi connectivity index (χ1v) is 9.22. The van der Waals surface area contributed by atoms with Crippen LogP contribution in [0.1, 0.15) is 35.1 Å². The first kappa shape index (κ1) is 20.0. The molecule has 26 heavy (non-hydrogen) atoms. The lowest BCUT2D eigenvalue weighted by atomic mass is 10.0. The fraction of sp³-hybridized carbons (Fsp3) is 0.409. The lowest BCUT2D eigenvalue weighted by Crippen LogP contribution is -2.38. The van der Waals surface area contributed by atoms with Gasteiger partial charge in [-0.15, -0.1) is 0 Å². The molecule has 4 heteroatoms. The van der Waals surface area contributed by atoms with E-state index in [1.54, 1.807) is 0 Å². The number of nitrogens with zero attached hydrogens (tertiary/aromatic N) is 2. The molecule has 1 atom stereocenters. The van der Waals surface area contributed by atoms with Crippen molar-refractivity contribution in [1.29, 1.82) is 0 Å². The third-order valence-electron chi connectivity index (χ3n) is 4.50. The first-order valence-electron chi connectivity index (χ1n) is 9.22. The van der Waals surface area contributed by atoms with Gasteiger partial charge in [-0.2, -0.15) is 0 Å². The largest absolute Gasteiger partial charge is 0.356 e. The minimum atomic E-state index is 0.426. The van der Waals surface area contributed by atoms with Crippen LogP contribution in [0, 0.1) is 6.92 Å². The van der Waals surface area contributed by atoms with E-state index in [-0.39, 0.29) is 0 Å². The summed E-state index contributed by atoms with van der Waals surface area (Å²) < 4.78 is 0. The molecule has 0 aliphatic rings. The predicted molar refractivity (Wildman–Crippen MR) is 112 cm³/mol. The Morgan fingerprint density at radius 1 is 1.00 bits per heavy atom. The van der Waals surface area contributed by atoms with Gasteiger partial charge < -0.3 is 15.5 Å². The minimum Gasteiger partial charge on any atom is -0.356 e. The smallest absolute Gasteiger partial charge is 0.191 e. The molecule has 0 saturated heterocycles. The summed E-state index contributed by atoms with van der Waals surface area (Å²) in [6.07, 6.45) is 0. The topological polar surface area (TPSA) is 39.7 Å². The summed E-state index contributed by atoms with van der Waals surface area (Å²) in [5.41, 5.74) is 5.28. The summed E-state index contributed by atoms with van der Waals surface area (Å²) in [6.45, 7) is 6.91. The van der Waals surface area contributed by atoms with Crippen molar-refractivity contribution in [1.82, 2.24) is 15.5 Å². The van der Waals surface area contributed by atoms with Crippen LogP contribution in [0.2, 0.25) is 0 Å². The number of hydrogen-bond acceptors (Lipinski definition) is 2. The third kappa shape index (κ3) is 6.19. The average Bonchev–Trinajstić information content (AvgIpc) is 2.63. The van der Waals surface area contributed by atoms with Gasteiger partial charge in [0.15, 0.2) is 5.96 Å². The van der Waals surface area contributed by atoms with E-state index in [4.69, 9.17) is 0 Å². The van der Waals surface area contributed by atoms with Crippen LogP contribution in [0.15, 0.2) is 53.5 Å². The summed E-state index contributed by atoms with van der Waals surface area (Å²) in [4.78, 5) is 6.55. The summed E-state index contributed by atoms with van der Waals surface area (Å²) in [7, 11) is 6.01. The Hall–Kier alpha value is -2.33. The fourth-order valence-electron chi connectivity index (χ4n) is 2.89. The number of nitrogens with one attached hydrogen (secondary N) is 2. The van der Waals surface area contributed by atoms with Crippen LogP contribution in [0.5, 0.6) is 0 Å². The fourth-order valence-corrected chi connectivity index (χ4v) is 2.89. The van der Waals surface area contributed by atoms with E-state index in [0.717, 1.165) is 25.6 Å². The molecule has 0 saturated carbocycles. The number of guanidine groups is 1. The van der Waals surface area contributed by atoms with Crippen molar-refractivity contribution in [3.05, 3.63) is 70.8 Å². The van der Waals surface area contributed by atoms with Crippen molar-refractivity contribution in [3.8, 4) is 0 Å². The van der Waals surface area contributed by atoms with Crippen LogP contribution >= 0.6 is 0 Å². The maximum absolute atomic E-state index is 4.36. The molecule has 0 bridgehead atoms. The Balaban J connectivity index is 1.89. The molecule has 2 N–H and O–H groups in total. The van der Waals surface area contributed by atoms with Gasteiger partial charge >= 0.3 is 0 Å². The van der Waals surface area contributed by atoms with Gasteiger partial charge in [0.2, 0.25) is 0 Å². The van der Waals surface area contributed by atoms with Crippen LogP contribution in [0.4, 0.5) is 0 Å². The predicted octanol–water partition coefficient (Wildman–Crippen LogP) is 3.53. The van der Waals surface area contributed by atoms with Gasteiger partial charge in [-0.1, -0.05) is 61.0 Å². The van der Waals surface area contributed by atoms with Gasteiger partial charge in [0, 0.05) is 26.7 Å². The van der Waals surface area contributed by atoms with Gasteiger partial charge in [0.05, 0.1) is 0 Å². The van der Waals surface area contributed by atoms with Crippen molar-refractivity contribution >= 4 is 5.96 Å². The molecular formula is C22H32N4. The molecule has 2 aromatic rings. The van der Waals surface area contributed by atoms with Crippen molar-refractivity contribution in [2.45, 2.75) is 32.9 Å². The van der Waals surface area contributed by atoms with E-state index in [1.807, 2.05) is 7.05 Å². The lowest BCUT2D eigenvalue weighted by Gasteiger charge is -2.18. The molecule has 0 aliphatic carbocycles. The molecule has 0 radical (unpaired) electrons. The Bertz CT molecular complexity index is 704. The van der Waals surface area contributed by atoms with Crippen molar-refractivity contribution in [2.24, 2.45) is 4.99 Å². The summed E-state index contributed by atoms with van der Waals surface area (Å²) in [5.74, 6) is 1.26. The third-order valence-corrected chi connectivity index (χ3v) is 4.50. The van der Waals surface area contributed by atoms with Gasteiger partial charge in [-0.25, -0.2) is 0 Å². The van der Waals surface area contributed by atoms with Gasteiger partial charge in [0.25, 0.3) is 0 Å². The highest BCUT2D eigenvalue weighted by Crippen LogP contribution is 2.15. The van der Waals surface area contributed by atoms with Crippen LogP contribution in [0.25, 0.3) is 0 Å². The quantitative estimate of drug-likeness (QED) is 0.591. The second-order valence-corrected chi connectivity index (χ2v) is 7.12. The van der Waals surface area contributed by atoms with E-state index in [9.17, 15) is 0 Å². The Labute approximate surface area is 158 Å². The first-order chi connectivity index (χ1) is 12.5. The molecule has 2 aromatic carbocycles. The Kier molecular flexibility index (Phi) is 7.67. The standard InChI is InChI=1S/C22H32N4/c1-17-10-12-19(13-11-17)18(2)14-24-22(23-3)25-15-20-8-6-7-9-21(20)16-26(4)5/h6-13,18H,14-16H2,1-5H3,(H2,23,24,25). The maximum atomic E-state index is 4.36. The zero-order valence-electron chi connectivity index (χ0n) is 16.7. The summed E-state index contributed by atoms with van der Waals surface area (Å²) >= 11 is 0. The maximum Gasteiger partial charge on any atom is 0.191 e. The molecule has 4 nitrogen and oxygen atoms in total. The number of aliphatic imine (C=N–C) groups is 1. The molecule has 1 unspecified atom stereocenters. The monoisotopic (exact) mass is 352 g/mol. The number of aryl methyl sites for hydroxylation is 1. The SMILES string of the molecule is CN=C(NCc1ccccc1CN(C)C)NCC(C)c1ccc(C)cc1. The van der Waals surface area contributed by atoms with Crippen LogP contribution in [0.3, 0.4) is 0 Å². The second kappa shape index (κ2) is 9.97. The normalized spacial score (nSPS) is 12.9. The van der Waals surface area contributed by atoms with Crippen LogP contribution in [-0.2, 0) is 13.1 Å². The van der Waals surface area contributed by atoms with E-state index < -0.39 is 0 Å². The molecular weight excluding hydrogens is 320 g/mol. The number of hydrogen-bond donors (Lipinski definition) is 2. The van der Waals surface area contributed by atoms with E-state index in [0.29, 0.717) is 5.92 Å². The highest BCUT2D eigenvalue weighted by molar-refractivity contribution is 5.79. The zero-order chi connectivity index (χ0) is 18.9. The zero-order valence-corrected chi connectivity index (χ0v) is 16.7. The van der Waals surface area contributed by atoms with Crippen molar-refractivity contribution in [2.75, 3.05) is 27.7 Å². The van der Waals surface area contributed by atoms with Crippen LogP contribution in [-0.4, -0.2) is 38.5 Å². The van der Waals surface area contributed by atoms with Gasteiger partial charge in [0.1, 0.15) is 0 Å². The Morgan fingerprint density at radius 2 is 1.65 bits per heavy atom. The summed E-state index contributed by atoms with van der Waals surface area (Å²) in [5, 5.41) is 6.88. The van der Waals surface area contributed by atoms with E-state index in [2.05, 4.69) is 97.0 Å². The molecule has 0 heterocycles. The van der Waals surface area contributed by atoms with Crippen LogP contribution < -0.4 is 10.6 Å². The van der Waals surface area contributed by atoms with E-state index in [1.165, 1.54) is 22.3 Å². The molecule has 0 spiro atoms. The number of rotatable bonds is 7. The molecule has 0 amide bonds. The highest BCUT2D eigenvalue weighted by atomic mass is 15.2. The Morgan fingerprint density at radius 3 is 2.27 bits per heavy atom. The molecule has 140 valence electrons. The summed E-state index contributed by atoms with van der Waals surface area (Å²) in [6, 6.07) is 17.3. The number of benzene rings is 2. The minimum absolute atomic E-state index is 0.426. The molecule has 0 fully saturated rings. The van der Waals surface area contributed by atoms with E-state index >= 15 is 0 Å². The highest BCUT2D eigenvalue weighted by Gasteiger charge is 2.08. The van der Waals surface area contributed by atoms with Gasteiger partial charge in [-0.05, 0) is 43.6 Å². The average molecular weight is 353 g/mol. The van der Waals surface area contributed by atoms with Crippen molar-refractivity contribution in [3.63, 3.8) is 0 Å².